The number of rotatable bonds is 4. The fourth-order valence-corrected chi connectivity index (χ4v) is 3.51. The van der Waals surface area contributed by atoms with E-state index in [9.17, 15) is 9.59 Å². The average molecular weight is 357 g/mol. The highest BCUT2D eigenvalue weighted by molar-refractivity contribution is 8.00. The van der Waals surface area contributed by atoms with Crippen LogP contribution in [0.2, 0.25) is 0 Å². The zero-order chi connectivity index (χ0) is 18.0. The Morgan fingerprint density at radius 1 is 1.24 bits per heavy atom. The van der Waals surface area contributed by atoms with Gasteiger partial charge < -0.3 is 4.90 Å². The van der Waals surface area contributed by atoms with E-state index in [4.69, 9.17) is 0 Å². The normalized spacial score (nSPS) is 16.8. The zero-order valence-electron chi connectivity index (χ0n) is 14.3. The van der Waals surface area contributed by atoms with Gasteiger partial charge in [-0.3, -0.25) is 20.0 Å². The maximum absolute atomic E-state index is 12.4. The van der Waals surface area contributed by atoms with Gasteiger partial charge in [0.1, 0.15) is 11.1 Å². The van der Waals surface area contributed by atoms with Crippen LogP contribution in [0.5, 0.6) is 0 Å². The standard InChI is InChI=1S/C17H19N5O2S/c1-11-8-19-14(9-18-11)16(24)20-22-15(23)10-25-17(22)12-4-6-13(7-5-12)21(2)3/h4-9,17H,10H2,1-3H3,(H,20,24)/t17-/m0/s1. The van der Waals surface area contributed by atoms with Crippen molar-refractivity contribution in [1.82, 2.24) is 20.4 Å². The van der Waals surface area contributed by atoms with E-state index in [2.05, 4.69) is 15.4 Å². The van der Waals surface area contributed by atoms with Crippen molar-refractivity contribution in [3.63, 3.8) is 0 Å². The molecular formula is C17H19N5O2S. The molecule has 1 aliphatic rings. The number of nitrogens with zero attached hydrogens (tertiary/aromatic N) is 4. The number of amides is 2. The van der Waals surface area contributed by atoms with Crippen molar-refractivity contribution in [3.05, 3.63) is 53.6 Å². The van der Waals surface area contributed by atoms with Gasteiger partial charge in [-0.15, -0.1) is 11.8 Å². The monoisotopic (exact) mass is 357 g/mol. The van der Waals surface area contributed by atoms with Crippen molar-refractivity contribution in [1.29, 1.82) is 0 Å². The highest BCUT2D eigenvalue weighted by Crippen LogP contribution is 2.37. The van der Waals surface area contributed by atoms with Gasteiger partial charge in [-0.2, -0.15) is 0 Å². The minimum Gasteiger partial charge on any atom is -0.378 e. The first kappa shape index (κ1) is 17.2. The average Bonchev–Trinajstić information content (AvgIpc) is 2.96. The summed E-state index contributed by atoms with van der Waals surface area (Å²) < 4.78 is 0. The summed E-state index contributed by atoms with van der Waals surface area (Å²) in [6.45, 7) is 1.79. The Hall–Kier alpha value is -2.61. The fraction of sp³-hybridized carbons (Fsp3) is 0.294. The molecule has 0 bridgehead atoms. The van der Waals surface area contributed by atoms with Gasteiger partial charge in [-0.05, 0) is 24.6 Å². The lowest BCUT2D eigenvalue weighted by Crippen LogP contribution is -2.44. The minimum absolute atomic E-state index is 0.139. The van der Waals surface area contributed by atoms with Gasteiger partial charge in [-0.25, -0.2) is 9.99 Å². The topological polar surface area (TPSA) is 78.4 Å². The summed E-state index contributed by atoms with van der Waals surface area (Å²) in [6.07, 6.45) is 2.92. The van der Waals surface area contributed by atoms with Crippen LogP contribution in [0.3, 0.4) is 0 Å². The highest BCUT2D eigenvalue weighted by Gasteiger charge is 2.34. The van der Waals surface area contributed by atoms with Crippen LogP contribution in [-0.2, 0) is 4.79 Å². The van der Waals surface area contributed by atoms with Crippen molar-refractivity contribution in [2.24, 2.45) is 0 Å². The summed E-state index contributed by atoms with van der Waals surface area (Å²) in [7, 11) is 3.94. The number of hydrogen-bond donors (Lipinski definition) is 1. The van der Waals surface area contributed by atoms with Crippen LogP contribution in [-0.4, -0.2) is 46.6 Å². The summed E-state index contributed by atoms with van der Waals surface area (Å²) >= 11 is 1.48. The van der Waals surface area contributed by atoms with Gasteiger partial charge in [0.2, 0.25) is 0 Å². The second-order valence-electron chi connectivity index (χ2n) is 5.90. The molecule has 130 valence electrons. The third-order valence-electron chi connectivity index (χ3n) is 3.80. The molecule has 3 rings (SSSR count). The van der Waals surface area contributed by atoms with E-state index >= 15 is 0 Å². The second-order valence-corrected chi connectivity index (χ2v) is 6.97. The smallest absolute Gasteiger partial charge is 0.290 e. The van der Waals surface area contributed by atoms with Gasteiger partial charge in [0.05, 0.1) is 17.6 Å². The lowest BCUT2D eigenvalue weighted by molar-refractivity contribution is -0.130. The van der Waals surface area contributed by atoms with E-state index in [-0.39, 0.29) is 17.0 Å². The van der Waals surface area contributed by atoms with Crippen LogP contribution in [0.15, 0.2) is 36.7 Å². The Morgan fingerprint density at radius 2 is 1.96 bits per heavy atom. The molecule has 1 N–H and O–H groups in total. The Bertz CT molecular complexity index is 777. The first-order valence-corrected chi connectivity index (χ1v) is 8.81. The first-order valence-electron chi connectivity index (χ1n) is 7.76. The number of benzene rings is 1. The Balaban J connectivity index is 1.77. The Morgan fingerprint density at radius 3 is 2.56 bits per heavy atom. The molecule has 1 atom stereocenters. The zero-order valence-corrected chi connectivity index (χ0v) is 15.1. The Labute approximate surface area is 150 Å². The number of anilines is 1. The van der Waals surface area contributed by atoms with Crippen LogP contribution in [0.1, 0.15) is 27.1 Å². The molecular weight excluding hydrogens is 338 g/mol. The number of carbonyl (C=O) groups is 2. The molecule has 2 aromatic rings. The van der Waals surface area contributed by atoms with Crippen LogP contribution in [0.25, 0.3) is 0 Å². The van der Waals surface area contributed by atoms with Gasteiger partial charge >= 0.3 is 0 Å². The number of aryl methyl sites for hydroxylation is 1. The van der Waals surface area contributed by atoms with Crippen molar-refractivity contribution in [2.45, 2.75) is 12.3 Å². The van der Waals surface area contributed by atoms with E-state index in [0.29, 0.717) is 5.75 Å². The van der Waals surface area contributed by atoms with Crippen molar-refractivity contribution < 1.29 is 9.59 Å². The quantitative estimate of drug-likeness (QED) is 0.898. The number of carbonyl (C=O) groups excluding carboxylic acids is 2. The van der Waals surface area contributed by atoms with E-state index in [1.807, 2.05) is 43.3 Å². The molecule has 1 aliphatic heterocycles. The summed E-state index contributed by atoms with van der Waals surface area (Å²) in [4.78, 5) is 34.7. The molecule has 2 heterocycles. The van der Waals surface area contributed by atoms with Crippen LogP contribution >= 0.6 is 11.8 Å². The number of hydrazine groups is 1. The van der Waals surface area contributed by atoms with Crippen molar-refractivity contribution >= 4 is 29.3 Å². The minimum atomic E-state index is -0.446. The molecule has 1 aromatic carbocycles. The van der Waals surface area contributed by atoms with Crippen LogP contribution < -0.4 is 10.3 Å². The molecule has 1 saturated heterocycles. The molecule has 0 aliphatic carbocycles. The predicted octanol–water partition coefficient (Wildman–Crippen LogP) is 1.77. The largest absolute Gasteiger partial charge is 0.378 e. The third-order valence-corrected chi connectivity index (χ3v) is 5.01. The molecule has 0 unspecified atom stereocenters. The molecule has 1 fully saturated rings. The molecule has 0 radical (unpaired) electrons. The van der Waals surface area contributed by atoms with Crippen LogP contribution in [0, 0.1) is 6.92 Å². The summed E-state index contributed by atoms with van der Waals surface area (Å²) in [5.74, 6) is -0.265. The number of thioether (sulfide) groups is 1. The van der Waals surface area contributed by atoms with E-state index in [1.54, 1.807) is 6.92 Å². The fourth-order valence-electron chi connectivity index (χ4n) is 2.40. The highest BCUT2D eigenvalue weighted by atomic mass is 32.2. The van der Waals surface area contributed by atoms with Gasteiger partial charge in [0.15, 0.2) is 0 Å². The first-order chi connectivity index (χ1) is 12.0. The molecule has 7 nitrogen and oxygen atoms in total. The summed E-state index contributed by atoms with van der Waals surface area (Å²) in [6, 6.07) is 7.92. The lowest BCUT2D eigenvalue weighted by atomic mass is 10.2. The van der Waals surface area contributed by atoms with Gasteiger partial charge in [0.25, 0.3) is 11.8 Å². The number of nitrogens with one attached hydrogen (secondary N) is 1. The van der Waals surface area contributed by atoms with E-state index in [1.165, 1.54) is 29.2 Å². The molecule has 8 heteroatoms. The third kappa shape index (κ3) is 3.74. The molecule has 25 heavy (non-hydrogen) atoms. The molecule has 1 aromatic heterocycles. The molecule has 0 saturated carbocycles. The lowest BCUT2D eigenvalue weighted by Gasteiger charge is -2.24. The van der Waals surface area contributed by atoms with Crippen molar-refractivity contribution in [2.75, 3.05) is 24.7 Å². The molecule has 0 spiro atoms. The maximum atomic E-state index is 12.4. The van der Waals surface area contributed by atoms with Crippen LogP contribution in [0.4, 0.5) is 5.69 Å². The van der Waals surface area contributed by atoms with Crippen molar-refractivity contribution in [3.8, 4) is 0 Å². The SMILES string of the molecule is Cc1cnc(C(=O)NN2C(=O)CS[C@H]2c2ccc(N(C)C)cc2)cn1. The maximum Gasteiger partial charge on any atom is 0.290 e. The van der Waals surface area contributed by atoms with Gasteiger partial charge in [0, 0.05) is 26.0 Å². The predicted molar refractivity (Wildman–Crippen MR) is 97.0 cm³/mol. The van der Waals surface area contributed by atoms with E-state index in [0.717, 1.165) is 16.9 Å². The van der Waals surface area contributed by atoms with E-state index < -0.39 is 5.91 Å². The summed E-state index contributed by atoms with van der Waals surface area (Å²) in [5.41, 5.74) is 5.59. The van der Waals surface area contributed by atoms with Gasteiger partial charge in [-0.1, -0.05) is 12.1 Å². The summed E-state index contributed by atoms with van der Waals surface area (Å²) in [5, 5.41) is 1.12. The number of aromatic nitrogens is 2. The number of hydrogen-bond acceptors (Lipinski definition) is 6. The molecule has 2 amide bonds. The second kappa shape index (κ2) is 7.10. The Kier molecular flexibility index (Phi) is 4.89.